The van der Waals surface area contributed by atoms with Crippen LogP contribution in [0.4, 0.5) is 17.1 Å². The molecule has 9 nitrogen and oxygen atoms in total. The number of sulfonamides is 2. The van der Waals surface area contributed by atoms with Crippen LogP contribution in [0.15, 0.2) is 77.7 Å². The minimum Gasteiger partial charge on any atom is -0.497 e. The topological polar surface area (TPSA) is 122 Å². The molecular weight excluding hydrogens is 514 g/mol. The van der Waals surface area contributed by atoms with E-state index in [-0.39, 0.29) is 10.6 Å². The summed E-state index contributed by atoms with van der Waals surface area (Å²) in [6.07, 6.45) is 1.00. The first-order valence-electron chi connectivity index (χ1n) is 10.2. The molecule has 186 valence electrons. The molecule has 3 rings (SSSR count). The standard InChI is InChI=1S/C23H24ClN3O6S2/c1-16(27(34(3,29)30)20-10-4-17(24)5-11-20)23(28)25-18-8-14-22(15-9-18)35(31,32)26-19-6-12-21(33-2)13-7-19/h4-16,26H,1-3H3,(H,25,28)/t16-/m1/s1. The summed E-state index contributed by atoms with van der Waals surface area (Å²) in [5.74, 6) is -0.00916. The molecule has 0 heterocycles. The highest BCUT2D eigenvalue weighted by Crippen LogP contribution is 2.24. The number of hydrogen-bond acceptors (Lipinski definition) is 6. The molecule has 2 N–H and O–H groups in total. The van der Waals surface area contributed by atoms with Crippen molar-refractivity contribution in [3.8, 4) is 5.75 Å². The predicted molar refractivity (Wildman–Crippen MR) is 137 cm³/mol. The molecule has 3 aromatic carbocycles. The van der Waals surface area contributed by atoms with Gasteiger partial charge in [0.1, 0.15) is 11.8 Å². The molecule has 0 aromatic heterocycles. The lowest BCUT2D eigenvalue weighted by Crippen LogP contribution is -2.45. The summed E-state index contributed by atoms with van der Waals surface area (Å²) in [6.45, 7) is 1.45. The van der Waals surface area contributed by atoms with E-state index in [1.807, 2.05) is 0 Å². The van der Waals surface area contributed by atoms with Crippen LogP contribution in [0.3, 0.4) is 0 Å². The van der Waals surface area contributed by atoms with Crippen LogP contribution in [-0.4, -0.2) is 42.2 Å². The van der Waals surface area contributed by atoms with Gasteiger partial charge in [0.15, 0.2) is 0 Å². The SMILES string of the molecule is COc1ccc(NS(=O)(=O)c2ccc(NC(=O)[C@@H](C)N(c3ccc(Cl)cc3)S(C)(=O)=O)cc2)cc1. The maximum absolute atomic E-state index is 12.8. The van der Waals surface area contributed by atoms with Crippen molar-refractivity contribution in [2.24, 2.45) is 0 Å². The lowest BCUT2D eigenvalue weighted by Gasteiger charge is -2.28. The van der Waals surface area contributed by atoms with Gasteiger partial charge in [-0.2, -0.15) is 0 Å². The molecule has 0 radical (unpaired) electrons. The molecule has 0 fully saturated rings. The van der Waals surface area contributed by atoms with Crippen molar-refractivity contribution in [1.29, 1.82) is 0 Å². The van der Waals surface area contributed by atoms with Crippen LogP contribution in [-0.2, 0) is 24.8 Å². The van der Waals surface area contributed by atoms with E-state index in [9.17, 15) is 21.6 Å². The Hall–Kier alpha value is -3.28. The zero-order valence-electron chi connectivity index (χ0n) is 19.1. The maximum atomic E-state index is 12.8. The van der Waals surface area contributed by atoms with E-state index in [0.717, 1.165) is 10.6 Å². The molecule has 3 aromatic rings. The van der Waals surface area contributed by atoms with Crippen LogP contribution < -0.4 is 19.1 Å². The number of rotatable bonds is 9. The number of hydrogen-bond donors (Lipinski definition) is 2. The molecule has 1 atom stereocenters. The molecule has 0 aliphatic rings. The third kappa shape index (κ3) is 6.65. The lowest BCUT2D eigenvalue weighted by atomic mass is 10.2. The number of amides is 1. The minimum absolute atomic E-state index is 0.0155. The second-order valence-corrected chi connectivity index (χ2v) is 11.5. The highest BCUT2D eigenvalue weighted by molar-refractivity contribution is 7.92. The summed E-state index contributed by atoms with van der Waals surface area (Å²) in [4.78, 5) is 12.8. The monoisotopic (exact) mass is 537 g/mol. The van der Waals surface area contributed by atoms with E-state index in [1.54, 1.807) is 24.3 Å². The molecule has 0 bridgehead atoms. The zero-order valence-corrected chi connectivity index (χ0v) is 21.5. The Morgan fingerprint density at radius 3 is 1.94 bits per heavy atom. The van der Waals surface area contributed by atoms with Crippen molar-refractivity contribution in [1.82, 2.24) is 0 Å². The van der Waals surface area contributed by atoms with Gasteiger partial charge in [-0.1, -0.05) is 11.6 Å². The average Bonchev–Trinajstić information content (AvgIpc) is 2.80. The summed E-state index contributed by atoms with van der Waals surface area (Å²) in [5, 5.41) is 3.04. The number of carbonyl (C=O) groups excluding carboxylic acids is 1. The molecule has 0 saturated carbocycles. The fraction of sp³-hybridized carbons (Fsp3) is 0.174. The van der Waals surface area contributed by atoms with E-state index < -0.39 is 32.0 Å². The Morgan fingerprint density at radius 2 is 1.43 bits per heavy atom. The van der Waals surface area contributed by atoms with Crippen molar-refractivity contribution in [2.45, 2.75) is 17.9 Å². The smallest absolute Gasteiger partial charge is 0.261 e. The Bertz CT molecular complexity index is 1390. The van der Waals surface area contributed by atoms with Gasteiger partial charge >= 0.3 is 0 Å². The number of halogens is 1. The van der Waals surface area contributed by atoms with Crippen LogP contribution in [0.5, 0.6) is 5.75 Å². The van der Waals surface area contributed by atoms with Crippen molar-refractivity contribution in [3.63, 3.8) is 0 Å². The van der Waals surface area contributed by atoms with Crippen molar-refractivity contribution >= 4 is 54.6 Å². The van der Waals surface area contributed by atoms with Crippen molar-refractivity contribution < 1.29 is 26.4 Å². The van der Waals surface area contributed by atoms with Gasteiger partial charge in [0.05, 0.1) is 23.9 Å². The Labute approximate surface area is 209 Å². The number of anilines is 3. The molecule has 1 amide bonds. The number of benzene rings is 3. The van der Waals surface area contributed by atoms with Crippen molar-refractivity contribution in [2.75, 3.05) is 27.7 Å². The quantitative estimate of drug-likeness (QED) is 0.426. The zero-order chi connectivity index (χ0) is 25.8. The highest BCUT2D eigenvalue weighted by Gasteiger charge is 2.29. The molecule has 0 aliphatic heterocycles. The van der Waals surface area contributed by atoms with E-state index in [1.165, 1.54) is 62.6 Å². The van der Waals surface area contributed by atoms with Gasteiger partial charge < -0.3 is 10.1 Å². The second kappa shape index (κ2) is 10.5. The second-order valence-electron chi connectivity index (χ2n) is 7.56. The highest BCUT2D eigenvalue weighted by atomic mass is 35.5. The summed E-state index contributed by atoms with van der Waals surface area (Å²) in [5.41, 5.74) is 0.945. The number of carbonyl (C=O) groups is 1. The Balaban J connectivity index is 1.74. The first-order chi connectivity index (χ1) is 16.4. The third-order valence-electron chi connectivity index (χ3n) is 4.94. The van der Waals surface area contributed by atoms with Crippen LogP contribution in [0.1, 0.15) is 6.92 Å². The van der Waals surface area contributed by atoms with Gasteiger partial charge in [-0.3, -0.25) is 13.8 Å². The van der Waals surface area contributed by atoms with Gasteiger partial charge in [0.2, 0.25) is 15.9 Å². The largest absolute Gasteiger partial charge is 0.497 e. The van der Waals surface area contributed by atoms with Gasteiger partial charge in [-0.05, 0) is 79.7 Å². The molecular formula is C23H24ClN3O6S2. The fourth-order valence-corrected chi connectivity index (χ4v) is 5.59. The van der Waals surface area contributed by atoms with Crippen LogP contribution in [0.25, 0.3) is 0 Å². The van der Waals surface area contributed by atoms with Gasteiger partial charge in [0.25, 0.3) is 10.0 Å². The van der Waals surface area contributed by atoms with Gasteiger partial charge in [-0.25, -0.2) is 16.8 Å². The molecule has 12 heteroatoms. The summed E-state index contributed by atoms with van der Waals surface area (Å²) < 4.78 is 58.6. The van der Waals surface area contributed by atoms with E-state index in [0.29, 0.717) is 22.1 Å². The van der Waals surface area contributed by atoms with Gasteiger partial charge in [0, 0.05) is 16.4 Å². The first kappa shape index (κ1) is 26.3. The third-order valence-corrected chi connectivity index (χ3v) is 7.83. The molecule has 35 heavy (non-hydrogen) atoms. The number of nitrogens with one attached hydrogen (secondary N) is 2. The van der Waals surface area contributed by atoms with E-state index in [4.69, 9.17) is 16.3 Å². The predicted octanol–water partition coefficient (Wildman–Crippen LogP) is 3.94. The molecule has 0 spiro atoms. The van der Waals surface area contributed by atoms with Crippen LogP contribution in [0, 0.1) is 0 Å². The number of ether oxygens (including phenoxy) is 1. The van der Waals surface area contributed by atoms with E-state index in [2.05, 4.69) is 10.0 Å². The normalized spacial score (nSPS) is 12.5. The number of nitrogens with zero attached hydrogens (tertiary/aromatic N) is 1. The summed E-state index contributed by atoms with van der Waals surface area (Å²) in [6, 6.07) is 16.9. The summed E-state index contributed by atoms with van der Waals surface area (Å²) in [7, 11) is -6.15. The average molecular weight is 538 g/mol. The van der Waals surface area contributed by atoms with E-state index >= 15 is 0 Å². The van der Waals surface area contributed by atoms with Crippen LogP contribution in [0.2, 0.25) is 5.02 Å². The lowest BCUT2D eigenvalue weighted by molar-refractivity contribution is -0.116. The minimum atomic E-state index is -3.87. The Kier molecular flexibility index (Phi) is 7.93. The Morgan fingerprint density at radius 1 is 0.886 bits per heavy atom. The molecule has 0 saturated heterocycles. The molecule has 0 unspecified atom stereocenters. The fourth-order valence-electron chi connectivity index (χ4n) is 3.23. The number of methoxy groups -OCH3 is 1. The van der Waals surface area contributed by atoms with Gasteiger partial charge in [-0.15, -0.1) is 0 Å². The maximum Gasteiger partial charge on any atom is 0.261 e. The van der Waals surface area contributed by atoms with Crippen LogP contribution >= 0.6 is 11.6 Å². The first-order valence-corrected chi connectivity index (χ1v) is 13.9. The van der Waals surface area contributed by atoms with Crippen molar-refractivity contribution in [3.05, 3.63) is 77.8 Å². The summed E-state index contributed by atoms with van der Waals surface area (Å²) >= 11 is 5.88. The molecule has 0 aliphatic carbocycles.